The number of thiol groups is 2. The van der Waals surface area contributed by atoms with Crippen molar-refractivity contribution in [3.63, 3.8) is 0 Å². The highest BCUT2D eigenvalue weighted by atomic mass is 32.2. The van der Waals surface area contributed by atoms with Gasteiger partial charge in [0.25, 0.3) is 0 Å². The van der Waals surface area contributed by atoms with Crippen LogP contribution in [0.4, 0.5) is 5.82 Å². The summed E-state index contributed by atoms with van der Waals surface area (Å²) in [7, 11) is 0. The molecule has 1 aliphatic rings. The summed E-state index contributed by atoms with van der Waals surface area (Å²) in [6, 6.07) is 6.01. The van der Waals surface area contributed by atoms with Crippen LogP contribution in [0.5, 0.6) is 0 Å². The minimum Gasteiger partial charge on any atom is -0.354 e. The zero-order chi connectivity index (χ0) is 10.7. The van der Waals surface area contributed by atoms with Crippen LogP contribution in [0.15, 0.2) is 24.4 Å². The summed E-state index contributed by atoms with van der Waals surface area (Å²) in [5.41, 5.74) is 0. The van der Waals surface area contributed by atoms with Gasteiger partial charge in [0.1, 0.15) is 5.82 Å². The highest BCUT2D eigenvalue weighted by molar-refractivity contribution is 7.99. The van der Waals surface area contributed by atoms with Gasteiger partial charge in [0.05, 0.1) is 4.71 Å². The summed E-state index contributed by atoms with van der Waals surface area (Å²) in [6.45, 7) is 3.98. The number of pyridine rings is 1. The Morgan fingerprint density at radius 3 is 2.40 bits per heavy atom. The van der Waals surface area contributed by atoms with Crippen LogP contribution < -0.4 is 4.90 Å². The molecule has 0 saturated carbocycles. The van der Waals surface area contributed by atoms with Crippen LogP contribution in [0.25, 0.3) is 0 Å². The van der Waals surface area contributed by atoms with Crippen LogP contribution in [-0.2, 0) is 0 Å². The van der Waals surface area contributed by atoms with Crippen LogP contribution >= 0.6 is 25.3 Å². The number of rotatable bonds is 2. The number of aromatic nitrogens is 1. The lowest BCUT2D eigenvalue weighted by Crippen LogP contribution is -2.48. The van der Waals surface area contributed by atoms with Gasteiger partial charge in [0.15, 0.2) is 0 Å². The zero-order valence-corrected chi connectivity index (χ0v) is 10.2. The fraction of sp³-hybridized carbons (Fsp3) is 0.500. The van der Waals surface area contributed by atoms with Gasteiger partial charge >= 0.3 is 0 Å². The Balaban J connectivity index is 1.94. The molecule has 0 radical (unpaired) electrons. The number of nitrogens with zero attached hydrogens (tertiary/aromatic N) is 3. The second kappa shape index (κ2) is 5.09. The van der Waals surface area contributed by atoms with Crippen LogP contribution in [0, 0.1) is 0 Å². The Hall–Kier alpha value is -0.390. The van der Waals surface area contributed by atoms with Crippen molar-refractivity contribution < 1.29 is 0 Å². The molecule has 0 amide bonds. The van der Waals surface area contributed by atoms with E-state index >= 15 is 0 Å². The quantitative estimate of drug-likeness (QED) is 0.602. The lowest BCUT2D eigenvalue weighted by Gasteiger charge is -2.36. The van der Waals surface area contributed by atoms with Crippen molar-refractivity contribution in [2.75, 3.05) is 31.1 Å². The fourth-order valence-electron chi connectivity index (χ4n) is 1.72. The van der Waals surface area contributed by atoms with Crippen LogP contribution in [-0.4, -0.2) is 40.8 Å². The van der Waals surface area contributed by atoms with E-state index in [-0.39, 0.29) is 4.71 Å². The first-order valence-corrected chi connectivity index (χ1v) is 6.07. The van der Waals surface area contributed by atoms with Gasteiger partial charge in [-0.05, 0) is 12.1 Å². The summed E-state index contributed by atoms with van der Waals surface area (Å²) >= 11 is 8.63. The normalized spacial score (nSPS) is 18.5. The molecule has 3 nitrogen and oxygen atoms in total. The van der Waals surface area contributed by atoms with Crippen molar-refractivity contribution in [1.82, 2.24) is 9.88 Å². The Morgan fingerprint density at radius 2 is 1.87 bits per heavy atom. The molecule has 1 saturated heterocycles. The number of hydrogen-bond donors (Lipinski definition) is 2. The zero-order valence-electron chi connectivity index (χ0n) is 8.45. The van der Waals surface area contributed by atoms with Crippen molar-refractivity contribution in [2.24, 2.45) is 0 Å². The molecule has 0 aromatic carbocycles. The standard InChI is InChI=1S/C10H15N3S2/c14-10(15)13-7-5-12(6-8-13)9-3-1-2-4-11-9/h1-4,10,14-15H,5-8H2. The molecule has 2 rings (SSSR count). The summed E-state index contributed by atoms with van der Waals surface area (Å²) < 4.78 is 0.0517. The molecule has 0 bridgehead atoms. The van der Waals surface area contributed by atoms with Crippen LogP contribution in [0.2, 0.25) is 0 Å². The van der Waals surface area contributed by atoms with E-state index in [1.807, 2.05) is 18.3 Å². The predicted octanol–water partition coefficient (Wildman–Crippen LogP) is 1.35. The van der Waals surface area contributed by atoms with Gasteiger partial charge in [0.2, 0.25) is 0 Å². The summed E-state index contributed by atoms with van der Waals surface area (Å²) in [5, 5.41) is 0. The molecule has 15 heavy (non-hydrogen) atoms. The first-order chi connectivity index (χ1) is 7.27. The summed E-state index contributed by atoms with van der Waals surface area (Å²) in [4.78, 5) is 8.88. The van der Waals surface area contributed by atoms with E-state index in [0.717, 1.165) is 32.0 Å². The molecule has 1 aliphatic heterocycles. The Labute approximate surface area is 101 Å². The maximum atomic E-state index is 4.34. The van der Waals surface area contributed by atoms with E-state index in [2.05, 4.69) is 46.1 Å². The highest BCUT2D eigenvalue weighted by Gasteiger charge is 2.19. The van der Waals surface area contributed by atoms with E-state index < -0.39 is 0 Å². The summed E-state index contributed by atoms with van der Waals surface area (Å²) in [6.07, 6.45) is 1.84. The second-order valence-electron chi connectivity index (χ2n) is 3.56. The molecule has 82 valence electrons. The van der Waals surface area contributed by atoms with E-state index in [1.54, 1.807) is 0 Å². The maximum absolute atomic E-state index is 4.34. The largest absolute Gasteiger partial charge is 0.354 e. The predicted molar refractivity (Wildman–Crippen MR) is 69.8 cm³/mol. The lowest BCUT2D eigenvalue weighted by molar-refractivity contribution is 0.286. The molecule has 0 unspecified atom stereocenters. The number of anilines is 1. The van der Waals surface area contributed by atoms with Gasteiger partial charge < -0.3 is 4.90 Å². The monoisotopic (exact) mass is 241 g/mol. The van der Waals surface area contributed by atoms with Gasteiger partial charge in [-0.1, -0.05) is 6.07 Å². The Bertz CT molecular complexity index is 297. The van der Waals surface area contributed by atoms with Crippen molar-refractivity contribution >= 4 is 31.1 Å². The third kappa shape index (κ3) is 2.80. The van der Waals surface area contributed by atoms with Crippen LogP contribution in [0.3, 0.4) is 0 Å². The van der Waals surface area contributed by atoms with Crippen molar-refractivity contribution in [3.8, 4) is 0 Å². The van der Waals surface area contributed by atoms with Crippen LogP contribution in [0.1, 0.15) is 0 Å². The summed E-state index contributed by atoms with van der Waals surface area (Å²) in [5.74, 6) is 1.06. The first kappa shape index (κ1) is 11.1. The minimum absolute atomic E-state index is 0.0517. The van der Waals surface area contributed by atoms with Gasteiger partial charge in [-0.25, -0.2) is 4.98 Å². The molecule has 0 N–H and O–H groups in total. The molecule has 0 atom stereocenters. The fourth-order valence-corrected chi connectivity index (χ4v) is 2.18. The van der Waals surface area contributed by atoms with Gasteiger partial charge in [-0.2, -0.15) is 0 Å². The maximum Gasteiger partial charge on any atom is 0.128 e. The van der Waals surface area contributed by atoms with Gasteiger partial charge in [-0.15, -0.1) is 25.3 Å². The topological polar surface area (TPSA) is 19.4 Å². The van der Waals surface area contributed by atoms with E-state index in [1.165, 1.54) is 0 Å². The first-order valence-electron chi connectivity index (χ1n) is 5.03. The average Bonchev–Trinajstić information content (AvgIpc) is 2.30. The van der Waals surface area contributed by atoms with Gasteiger partial charge in [0, 0.05) is 32.4 Å². The molecule has 2 heterocycles. The third-order valence-electron chi connectivity index (χ3n) is 2.61. The molecule has 1 aromatic heterocycles. The van der Waals surface area contributed by atoms with Crippen molar-refractivity contribution in [3.05, 3.63) is 24.4 Å². The molecule has 1 fully saturated rings. The SMILES string of the molecule is SC(S)N1CCN(c2ccccn2)CC1. The average molecular weight is 241 g/mol. The number of hydrogen-bond acceptors (Lipinski definition) is 5. The second-order valence-corrected chi connectivity index (χ2v) is 4.94. The Morgan fingerprint density at radius 1 is 1.13 bits per heavy atom. The minimum atomic E-state index is 0.0517. The highest BCUT2D eigenvalue weighted by Crippen LogP contribution is 2.16. The lowest BCUT2D eigenvalue weighted by atomic mass is 10.3. The van der Waals surface area contributed by atoms with E-state index in [4.69, 9.17) is 0 Å². The van der Waals surface area contributed by atoms with E-state index in [9.17, 15) is 0 Å². The Kier molecular flexibility index (Phi) is 3.77. The molecular weight excluding hydrogens is 226 g/mol. The molecular formula is C10H15N3S2. The molecule has 0 aliphatic carbocycles. The van der Waals surface area contributed by atoms with Gasteiger partial charge in [-0.3, -0.25) is 4.90 Å². The molecule has 0 spiro atoms. The number of piperazine rings is 1. The van der Waals surface area contributed by atoms with E-state index in [0.29, 0.717) is 0 Å². The molecule has 5 heteroatoms. The third-order valence-corrected chi connectivity index (χ3v) is 3.27. The van der Waals surface area contributed by atoms with Crippen molar-refractivity contribution in [2.45, 2.75) is 4.71 Å². The smallest absolute Gasteiger partial charge is 0.128 e. The molecule has 1 aromatic rings. The van der Waals surface area contributed by atoms with Crippen molar-refractivity contribution in [1.29, 1.82) is 0 Å².